The van der Waals surface area contributed by atoms with Gasteiger partial charge in [0.15, 0.2) is 0 Å². The SMILES string of the molecule is C#CCN(CC)C(=O)Nc1ccc(O)cc1C(=O)O. The molecule has 0 aromatic heterocycles. The summed E-state index contributed by atoms with van der Waals surface area (Å²) in [6.45, 7) is 2.28. The molecule has 19 heavy (non-hydrogen) atoms. The van der Waals surface area contributed by atoms with Gasteiger partial charge in [0.25, 0.3) is 0 Å². The van der Waals surface area contributed by atoms with Crippen LogP contribution in [0.1, 0.15) is 17.3 Å². The highest BCUT2D eigenvalue weighted by atomic mass is 16.4. The fraction of sp³-hybridized carbons (Fsp3) is 0.231. The summed E-state index contributed by atoms with van der Waals surface area (Å²) in [5.41, 5.74) is -0.0871. The number of rotatable bonds is 4. The molecule has 6 heteroatoms. The number of carboxylic acids is 1. The van der Waals surface area contributed by atoms with Crippen molar-refractivity contribution in [1.29, 1.82) is 0 Å². The first-order valence-corrected chi connectivity index (χ1v) is 5.55. The van der Waals surface area contributed by atoms with Crippen molar-refractivity contribution in [3.8, 4) is 18.1 Å². The predicted octanol–water partition coefficient (Wildman–Crippen LogP) is 1.58. The number of urea groups is 1. The van der Waals surface area contributed by atoms with Gasteiger partial charge in [-0.3, -0.25) is 0 Å². The topological polar surface area (TPSA) is 89.9 Å². The van der Waals surface area contributed by atoms with E-state index in [4.69, 9.17) is 11.5 Å². The van der Waals surface area contributed by atoms with Crippen molar-refractivity contribution in [3.05, 3.63) is 23.8 Å². The Morgan fingerprint density at radius 3 is 2.68 bits per heavy atom. The maximum Gasteiger partial charge on any atom is 0.337 e. The average Bonchev–Trinajstić information content (AvgIpc) is 2.37. The number of benzene rings is 1. The first-order chi connectivity index (χ1) is 8.99. The Hall–Kier alpha value is -2.68. The third-order valence-electron chi connectivity index (χ3n) is 2.43. The van der Waals surface area contributed by atoms with Gasteiger partial charge >= 0.3 is 12.0 Å². The molecule has 0 aliphatic rings. The van der Waals surface area contributed by atoms with Gasteiger partial charge in [0, 0.05) is 6.54 Å². The first kappa shape index (κ1) is 14.4. The quantitative estimate of drug-likeness (QED) is 0.567. The van der Waals surface area contributed by atoms with Crippen LogP contribution in [-0.2, 0) is 0 Å². The van der Waals surface area contributed by atoms with Gasteiger partial charge in [0.05, 0.1) is 17.8 Å². The van der Waals surface area contributed by atoms with Crippen LogP contribution in [0.5, 0.6) is 5.75 Å². The Balaban J connectivity index is 2.96. The Bertz CT molecular complexity index is 534. The lowest BCUT2D eigenvalue weighted by molar-refractivity contribution is 0.0697. The summed E-state index contributed by atoms with van der Waals surface area (Å²) in [6, 6.07) is 3.18. The number of carboxylic acid groups (broad SMARTS) is 1. The number of nitrogens with zero attached hydrogens (tertiary/aromatic N) is 1. The summed E-state index contributed by atoms with van der Waals surface area (Å²) in [5.74, 6) is 0.908. The summed E-state index contributed by atoms with van der Waals surface area (Å²) < 4.78 is 0. The third-order valence-corrected chi connectivity index (χ3v) is 2.43. The van der Waals surface area contributed by atoms with Gasteiger partial charge in [-0.1, -0.05) is 5.92 Å². The normalized spacial score (nSPS) is 9.47. The van der Waals surface area contributed by atoms with E-state index in [0.29, 0.717) is 6.54 Å². The fourth-order valence-corrected chi connectivity index (χ4v) is 1.45. The van der Waals surface area contributed by atoms with E-state index in [0.717, 1.165) is 6.07 Å². The molecule has 0 unspecified atom stereocenters. The molecular formula is C13H14N2O4. The monoisotopic (exact) mass is 262 g/mol. The minimum absolute atomic E-state index is 0.103. The molecule has 0 bridgehead atoms. The number of terminal acetylenes is 1. The van der Waals surface area contributed by atoms with E-state index in [9.17, 15) is 14.7 Å². The van der Waals surface area contributed by atoms with Crippen LogP contribution in [0.4, 0.5) is 10.5 Å². The fourth-order valence-electron chi connectivity index (χ4n) is 1.45. The molecule has 1 aromatic carbocycles. The number of hydrogen-bond donors (Lipinski definition) is 3. The second kappa shape index (κ2) is 6.31. The maximum absolute atomic E-state index is 11.9. The number of amides is 2. The van der Waals surface area contributed by atoms with Crippen LogP contribution in [0.3, 0.4) is 0 Å². The third kappa shape index (κ3) is 3.64. The van der Waals surface area contributed by atoms with Gasteiger partial charge in [0.1, 0.15) is 5.75 Å². The molecule has 0 atom stereocenters. The molecule has 1 rings (SSSR count). The van der Waals surface area contributed by atoms with Crippen molar-refractivity contribution in [2.45, 2.75) is 6.92 Å². The van der Waals surface area contributed by atoms with Crippen molar-refractivity contribution in [2.24, 2.45) is 0 Å². The number of aromatic hydroxyl groups is 1. The Kier molecular flexibility index (Phi) is 4.77. The van der Waals surface area contributed by atoms with Crippen LogP contribution in [0.2, 0.25) is 0 Å². The minimum atomic E-state index is -1.24. The van der Waals surface area contributed by atoms with Crippen LogP contribution >= 0.6 is 0 Å². The summed E-state index contributed by atoms with van der Waals surface area (Å²) in [6.07, 6.45) is 5.14. The molecule has 0 saturated heterocycles. The number of carbonyl (C=O) groups excluding carboxylic acids is 1. The molecule has 0 aliphatic carbocycles. The highest BCUT2D eigenvalue weighted by Crippen LogP contribution is 2.21. The zero-order valence-electron chi connectivity index (χ0n) is 10.4. The lowest BCUT2D eigenvalue weighted by atomic mass is 10.1. The van der Waals surface area contributed by atoms with Gasteiger partial charge < -0.3 is 20.4 Å². The van der Waals surface area contributed by atoms with Gasteiger partial charge in [-0.15, -0.1) is 6.42 Å². The summed E-state index contributed by atoms with van der Waals surface area (Å²) in [5, 5.41) is 20.7. The summed E-state index contributed by atoms with van der Waals surface area (Å²) >= 11 is 0. The molecular weight excluding hydrogens is 248 g/mol. The van der Waals surface area contributed by atoms with Gasteiger partial charge in [-0.05, 0) is 25.1 Å². The number of hydrogen-bond acceptors (Lipinski definition) is 3. The van der Waals surface area contributed by atoms with Crippen LogP contribution in [0, 0.1) is 12.3 Å². The van der Waals surface area contributed by atoms with Gasteiger partial charge in [0.2, 0.25) is 0 Å². The van der Waals surface area contributed by atoms with E-state index in [1.54, 1.807) is 6.92 Å². The second-order valence-electron chi connectivity index (χ2n) is 3.68. The van der Waals surface area contributed by atoms with Crippen LogP contribution in [0.25, 0.3) is 0 Å². The highest BCUT2D eigenvalue weighted by Gasteiger charge is 2.16. The smallest absolute Gasteiger partial charge is 0.337 e. The van der Waals surface area contributed by atoms with Crippen molar-refractivity contribution in [3.63, 3.8) is 0 Å². The zero-order chi connectivity index (χ0) is 14.4. The minimum Gasteiger partial charge on any atom is -0.508 e. The second-order valence-corrected chi connectivity index (χ2v) is 3.68. The molecule has 0 aliphatic heterocycles. The van der Waals surface area contributed by atoms with Gasteiger partial charge in [-0.25, -0.2) is 9.59 Å². The lowest BCUT2D eigenvalue weighted by Gasteiger charge is -2.19. The molecule has 0 saturated carbocycles. The summed E-state index contributed by atoms with van der Waals surface area (Å²) in [4.78, 5) is 24.2. The van der Waals surface area contributed by atoms with Gasteiger partial charge in [-0.2, -0.15) is 0 Å². The standard InChI is InChI=1S/C13H14N2O4/c1-3-7-15(4-2)13(19)14-11-6-5-9(16)8-10(11)12(17)18/h1,5-6,8,16H,4,7H2,2H3,(H,14,19)(H,17,18). The Morgan fingerprint density at radius 1 is 1.47 bits per heavy atom. The highest BCUT2D eigenvalue weighted by molar-refractivity contribution is 6.00. The first-order valence-electron chi connectivity index (χ1n) is 5.55. The van der Waals surface area contributed by atoms with E-state index >= 15 is 0 Å². The number of nitrogens with one attached hydrogen (secondary N) is 1. The molecule has 100 valence electrons. The summed E-state index contributed by atoms with van der Waals surface area (Å²) in [7, 11) is 0. The molecule has 0 fully saturated rings. The molecule has 2 amide bonds. The molecule has 0 heterocycles. The number of phenols is 1. The van der Waals surface area contributed by atoms with E-state index < -0.39 is 12.0 Å². The van der Waals surface area contributed by atoms with E-state index in [1.165, 1.54) is 17.0 Å². The number of carbonyl (C=O) groups is 2. The van der Waals surface area contributed by atoms with Crippen LogP contribution in [-0.4, -0.2) is 40.2 Å². The Morgan fingerprint density at radius 2 is 2.16 bits per heavy atom. The number of aromatic carboxylic acids is 1. The van der Waals surface area contributed by atoms with Crippen molar-refractivity contribution >= 4 is 17.7 Å². The van der Waals surface area contributed by atoms with Crippen LogP contribution < -0.4 is 5.32 Å². The number of phenolic OH excluding ortho intramolecular Hbond substituents is 1. The average molecular weight is 262 g/mol. The van der Waals surface area contributed by atoms with Crippen molar-refractivity contribution in [1.82, 2.24) is 4.90 Å². The molecule has 3 N–H and O–H groups in total. The van der Waals surface area contributed by atoms with Crippen molar-refractivity contribution < 1.29 is 19.8 Å². The molecule has 1 aromatic rings. The predicted molar refractivity (Wildman–Crippen MR) is 70.2 cm³/mol. The lowest BCUT2D eigenvalue weighted by Crippen LogP contribution is -2.35. The Labute approximate surface area is 110 Å². The largest absolute Gasteiger partial charge is 0.508 e. The van der Waals surface area contributed by atoms with E-state index in [-0.39, 0.29) is 23.5 Å². The van der Waals surface area contributed by atoms with Crippen molar-refractivity contribution in [2.75, 3.05) is 18.4 Å². The number of anilines is 1. The molecule has 0 spiro atoms. The van der Waals surface area contributed by atoms with E-state index in [2.05, 4.69) is 11.2 Å². The van der Waals surface area contributed by atoms with Crippen LogP contribution in [0.15, 0.2) is 18.2 Å². The van der Waals surface area contributed by atoms with E-state index in [1.807, 2.05) is 0 Å². The molecule has 6 nitrogen and oxygen atoms in total. The molecule has 0 radical (unpaired) electrons. The maximum atomic E-state index is 11.9. The zero-order valence-corrected chi connectivity index (χ0v) is 10.4.